The number of fused-ring (bicyclic) bond motifs is 2. The van der Waals surface area contributed by atoms with Gasteiger partial charge in [-0.3, -0.25) is 9.67 Å². The fourth-order valence-electron chi connectivity index (χ4n) is 2.74. The first-order valence-electron chi connectivity index (χ1n) is 7.43. The molecule has 0 atom stereocenters. The zero-order valence-corrected chi connectivity index (χ0v) is 13.6. The maximum Gasteiger partial charge on any atom is 0.221 e. The third-order valence-corrected chi connectivity index (χ3v) is 4.99. The van der Waals surface area contributed by atoms with Crippen LogP contribution in [0.15, 0.2) is 29.6 Å². The first-order chi connectivity index (χ1) is 11.8. The zero-order valence-electron chi connectivity index (χ0n) is 12.8. The molecular weight excluding hydrogens is 324 g/mol. The Balaban J connectivity index is 1.54. The molecule has 0 amide bonds. The summed E-state index contributed by atoms with van der Waals surface area (Å²) < 4.78 is 3.53. The van der Waals surface area contributed by atoms with Gasteiger partial charge in [-0.1, -0.05) is 5.21 Å². The Hall–Kier alpha value is -2.94. The van der Waals surface area contributed by atoms with Crippen molar-refractivity contribution in [3.05, 3.63) is 40.0 Å². The Bertz CT molecular complexity index is 1090. The van der Waals surface area contributed by atoms with E-state index in [1.54, 1.807) is 33.1 Å². The van der Waals surface area contributed by atoms with Gasteiger partial charge in [-0.25, -0.2) is 14.6 Å². The summed E-state index contributed by atoms with van der Waals surface area (Å²) in [5.41, 5.74) is 4.19. The van der Waals surface area contributed by atoms with Gasteiger partial charge in [-0.05, 0) is 11.6 Å². The smallest absolute Gasteiger partial charge is 0.221 e. The average molecular weight is 336 g/mol. The number of aromatic nitrogens is 7. The highest BCUT2D eigenvalue weighted by Crippen LogP contribution is 2.26. The second-order valence-corrected chi connectivity index (χ2v) is 6.79. The first-order valence-corrected chi connectivity index (χ1v) is 8.24. The Morgan fingerprint density at radius 3 is 3.08 bits per heavy atom. The summed E-state index contributed by atoms with van der Waals surface area (Å²) in [4.78, 5) is 15.8. The van der Waals surface area contributed by atoms with Crippen LogP contribution in [0.3, 0.4) is 0 Å². The molecule has 0 spiro atoms. The molecule has 5 rings (SSSR count). The van der Waals surface area contributed by atoms with Crippen LogP contribution in [0.4, 0.5) is 0 Å². The van der Waals surface area contributed by atoms with E-state index in [-0.39, 0.29) is 0 Å². The molecule has 0 unspecified atom stereocenters. The molecule has 0 aromatic carbocycles. The van der Waals surface area contributed by atoms with Gasteiger partial charge in [-0.2, -0.15) is 5.10 Å². The molecule has 0 N–H and O–H groups in total. The lowest BCUT2D eigenvalue weighted by molar-refractivity contribution is 0.670. The molecule has 0 aliphatic carbocycles. The number of thiophene rings is 1. The third-order valence-electron chi connectivity index (χ3n) is 3.90. The number of rotatable bonds is 3. The molecular formula is C15H12N8S. The lowest BCUT2D eigenvalue weighted by Crippen LogP contribution is -2.02. The van der Waals surface area contributed by atoms with Crippen molar-refractivity contribution >= 4 is 28.8 Å². The fraction of sp³-hybridized carbons (Fsp3) is 0.200. The highest BCUT2D eigenvalue weighted by molar-refractivity contribution is 7.14. The van der Waals surface area contributed by atoms with Gasteiger partial charge in [0.25, 0.3) is 0 Å². The molecule has 0 fully saturated rings. The van der Waals surface area contributed by atoms with E-state index in [0.717, 1.165) is 17.8 Å². The maximum absolute atomic E-state index is 4.68. The van der Waals surface area contributed by atoms with Crippen LogP contribution in [-0.2, 0) is 20.1 Å². The van der Waals surface area contributed by atoms with E-state index in [4.69, 9.17) is 0 Å². The van der Waals surface area contributed by atoms with E-state index in [1.807, 2.05) is 19.5 Å². The van der Waals surface area contributed by atoms with Gasteiger partial charge in [0, 0.05) is 29.9 Å². The SMILES string of the molecule is Cn1cc(-c2cnc3nnn(Cc4cc5c(s4)C=NC5)c3n2)cn1. The fourth-order valence-corrected chi connectivity index (χ4v) is 3.79. The predicted octanol–water partition coefficient (Wildman–Crippen LogP) is 1.66. The second kappa shape index (κ2) is 5.03. The highest BCUT2D eigenvalue weighted by atomic mass is 32.1. The van der Waals surface area contributed by atoms with Crippen molar-refractivity contribution in [2.24, 2.45) is 12.0 Å². The van der Waals surface area contributed by atoms with Crippen LogP contribution in [0.5, 0.6) is 0 Å². The zero-order chi connectivity index (χ0) is 16.1. The van der Waals surface area contributed by atoms with Crippen LogP contribution in [-0.4, -0.2) is 41.0 Å². The van der Waals surface area contributed by atoms with Gasteiger partial charge in [0.1, 0.15) is 0 Å². The Kier molecular flexibility index (Phi) is 2.83. The molecule has 0 saturated carbocycles. The molecule has 9 heteroatoms. The second-order valence-electron chi connectivity index (χ2n) is 5.62. The Morgan fingerprint density at radius 1 is 1.29 bits per heavy atom. The number of nitrogens with zero attached hydrogens (tertiary/aromatic N) is 8. The number of hydrogen-bond acceptors (Lipinski definition) is 7. The molecule has 1 aliphatic heterocycles. The van der Waals surface area contributed by atoms with Crippen molar-refractivity contribution in [2.75, 3.05) is 0 Å². The summed E-state index contributed by atoms with van der Waals surface area (Å²) in [5.74, 6) is 0. The molecule has 0 saturated heterocycles. The maximum atomic E-state index is 4.68. The first kappa shape index (κ1) is 13.5. The van der Waals surface area contributed by atoms with Crippen molar-refractivity contribution in [3.63, 3.8) is 0 Å². The summed E-state index contributed by atoms with van der Waals surface area (Å²) in [5, 5.41) is 12.5. The molecule has 1 aliphatic rings. The summed E-state index contributed by atoms with van der Waals surface area (Å²) >= 11 is 1.73. The van der Waals surface area contributed by atoms with Gasteiger partial charge in [0.2, 0.25) is 5.65 Å². The molecule has 4 aromatic rings. The molecule has 0 radical (unpaired) electrons. The summed E-state index contributed by atoms with van der Waals surface area (Å²) in [6.45, 7) is 1.40. The minimum Gasteiger partial charge on any atom is -0.287 e. The van der Waals surface area contributed by atoms with E-state index in [2.05, 4.69) is 36.4 Å². The standard InChI is InChI=1S/C15H12N8S/c1-22-7-10(4-18-22)12-5-17-14-15(19-12)23(21-20-14)8-11-2-9-3-16-6-13(9)24-11/h2,4-7H,3,8H2,1H3. The summed E-state index contributed by atoms with van der Waals surface area (Å²) in [7, 11) is 1.88. The van der Waals surface area contributed by atoms with Crippen LogP contribution < -0.4 is 0 Å². The van der Waals surface area contributed by atoms with Gasteiger partial charge in [-0.15, -0.1) is 16.4 Å². The molecule has 0 bridgehead atoms. The van der Waals surface area contributed by atoms with E-state index < -0.39 is 0 Å². The minimum atomic E-state index is 0.549. The Labute approximate surface area is 140 Å². The summed E-state index contributed by atoms with van der Waals surface area (Å²) in [6.07, 6.45) is 7.32. The van der Waals surface area contributed by atoms with E-state index >= 15 is 0 Å². The number of hydrogen-bond donors (Lipinski definition) is 0. The van der Waals surface area contributed by atoms with Crippen molar-refractivity contribution in [2.45, 2.75) is 13.1 Å². The normalized spacial score (nSPS) is 13.0. The lowest BCUT2D eigenvalue weighted by atomic mass is 10.2. The van der Waals surface area contributed by atoms with Crippen molar-refractivity contribution in [1.29, 1.82) is 0 Å². The quantitative estimate of drug-likeness (QED) is 0.568. The van der Waals surface area contributed by atoms with Crippen LogP contribution >= 0.6 is 11.3 Å². The van der Waals surface area contributed by atoms with E-state index in [1.165, 1.54) is 15.3 Å². The third kappa shape index (κ3) is 2.13. The van der Waals surface area contributed by atoms with Crippen molar-refractivity contribution in [3.8, 4) is 11.3 Å². The molecule has 8 nitrogen and oxygen atoms in total. The lowest BCUT2D eigenvalue weighted by Gasteiger charge is -2.00. The van der Waals surface area contributed by atoms with E-state index in [9.17, 15) is 0 Å². The van der Waals surface area contributed by atoms with Crippen LogP contribution in [0.2, 0.25) is 0 Å². The van der Waals surface area contributed by atoms with Gasteiger partial charge >= 0.3 is 0 Å². The van der Waals surface area contributed by atoms with Gasteiger partial charge < -0.3 is 0 Å². The van der Waals surface area contributed by atoms with Gasteiger partial charge in [0.05, 0.1) is 36.1 Å². The number of aryl methyl sites for hydroxylation is 1. The monoisotopic (exact) mass is 336 g/mol. The van der Waals surface area contributed by atoms with Crippen molar-refractivity contribution in [1.82, 2.24) is 34.7 Å². The molecule has 5 heterocycles. The van der Waals surface area contributed by atoms with Crippen molar-refractivity contribution < 1.29 is 0 Å². The Morgan fingerprint density at radius 2 is 2.25 bits per heavy atom. The summed E-state index contributed by atoms with van der Waals surface area (Å²) in [6, 6.07) is 2.18. The van der Waals surface area contributed by atoms with Crippen LogP contribution in [0.25, 0.3) is 22.6 Å². The molecule has 4 aromatic heterocycles. The average Bonchev–Trinajstić information content (AvgIpc) is 3.31. The molecule has 24 heavy (non-hydrogen) atoms. The topological polar surface area (TPSA) is 86.7 Å². The van der Waals surface area contributed by atoms with Crippen LogP contribution in [0.1, 0.15) is 15.3 Å². The highest BCUT2D eigenvalue weighted by Gasteiger charge is 2.15. The van der Waals surface area contributed by atoms with Crippen LogP contribution in [0, 0.1) is 0 Å². The minimum absolute atomic E-state index is 0.549. The predicted molar refractivity (Wildman–Crippen MR) is 90.0 cm³/mol. The molecule has 118 valence electrons. The number of aliphatic imine (C=N–C) groups is 1. The van der Waals surface area contributed by atoms with Gasteiger partial charge in [0.15, 0.2) is 5.65 Å². The van der Waals surface area contributed by atoms with E-state index in [0.29, 0.717) is 17.8 Å². The largest absolute Gasteiger partial charge is 0.287 e.